The Morgan fingerprint density at radius 3 is 1.96 bits per heavy atom. The second-order valence-electron chi connectivity index (χ2n) is 6.78. The van der Waals surface area contributed by atoms with Crippen molar-refractivity contribution in [1.29, 1.82) is 0 Å². The summed E-state index contributed by atoms with van der Waals surface area (Å²) < 4.78 is 0. The zero-order valence-corrected chi connectivity index (χ0v) is 16.0. The van der Waals surface area contributed by atoms with Gasteiger partial charge in [0.2, 0.25) is 0 Å². The first-order valence-electron chi connectivity index (χ1n) is 9.50. The Kier molecular flexibility index (Phi) is 5.92. The number of hydrogen-bond acceptors (Lipinski definition) is 0. The summed E-state index contributed by atoms with van der Waals surface area (Å²) in [6, 6.07) is 24.0. The van der Waals surface area contributed by atoms with E-state index in [4.69, 9.17) is 0 Å². The van der Waals surface area contributed by atoms with Crippen molar-refractivity contribution in [2.45, 2.75) is 40.0 Å². The Morgan fingerprint density at radius 2 is 1.35 bits per heavy atom. The molecule has 0 nitrogen and oxygen atoms in total. The molecular weight excluding hydrogens is 312 g/mol. The number of benzene rings is 3. The number of rotatable bonds is 4. The van der Waals surface area contributed by atoms with Gasteiger partial charge >= 0.3 is 0 Å². The minimum atomic E-state index is 1.07. The van der Waals surface area contributed by atoms with E-state index in [1.165, 1.54) is 34.2 Å². The highest BCUT2D eigenvalue weighted by Gasteiger charge is 2.01. The molecule has 3 aromatic rings. The molecule has 0 spiro atoms. The maximum absolute atomic E-state index is 3.33. The van der Waals surface area contributed by atoms with Crippen LogP contribution in [0.15, 0.2) is 66.7 Å². The van der Waals surface area contributed by atoms with Crippen molar-refractivity contribution in [2.24, 2.45) is 0 Å². The van der Waals surface area contributed by atoms with Crippen molar-refractivity contribution in [3.63, 3.8) is 0 Å². The van der Waals surface area contributed by atoms with Gasteiger partial charge in [-0.3, -0.25) is 0 Å². The zero-order valence-electron chi connectivity index (χ0n) is 16.0. The fraction of sp³-hybridized carbons (Fsp3) is 0.231. The average molecular weight is 338 g/mol. The van der Waals surface area contributed by atoms with E-state index in [0.29, 0.717) is 0 Å². The summed E-state index contributed by atoms with van der Waals surface area (Å²) >= 11 is 0. The van der Waals surface area contributed by atoms with Crippen LogP contribution in [-0.2, 0) is 12.8 Å². The molecule has 0 aliphatic heterocycles. The maximum atomic E-state index is 3.33. The van der Waals surface area contributed by atoms with Gasteiger partial charge in [-0.1, -0.05) is 80.6 Å². The first-order chi connectivity index (χ1) is 12.7. The van der Waals surface area contributed by atoms with Crippen LogP contribution in [0.5, 0.6) is 0 Å². The molecular formula is C26H26. The maximum Gasteiger partial charge on any atom is 0.0278 e. The fourth-order valence-electron chi connectivity index (χ4n) is 3.10. The molecule has 3 rings (SSSR count). The van der Waals surface area contributed by atoms with Crippen molar-refractivity contribution in [2.75, 3.05) is 0 Å². The Balaban J connectivity index is 1.79. The normalized spacial score (nSPS) is 10.3. The van der Waals surface area contributed by atoms with E-state index in [1.54, 1.807) is 0 Å². The van der Waals surface area contributed by atoms with Crippen molar-refractivity contribution in [3.8, 4) is 23.0 Å². The van der Waals surface area contributed by atoms with E-state index >= 15 is 0 Å². The van der Waals surface area contributed by atoms with E-state index in [9.17, 15) is 0 Å². The lowest BCUT2D eigenvalue weighted by atomic mass is 9.98. The minimum Gasteiger partial charge on any atom is -0.0651 e. The van der Waals surface area contributed by atoms with Gasteiger partial charge in [0.15, 0.2) is 0 Å². The summed E-state index contributed by atoms with van der Waals surface area (Å²) in [5.41, 5.74) is 8.65. The lowest BCUT2D eigenvalue weighted by Gasteiger charge is -2.06. The SMILES string of the molecule is CCCc1ccc(C#Cc2ccc(-c3ccc(CC)cc3)cc2C)cc1. The summed E-state index contributed by atoms with van der Waals surface area (Å²) in [4.78, 5) is 0. The zero-order chi connectivity index (χ0) is 18.4. The molecule has 3 aromatic carbocycles. The molecule has 0 aromatic heterocycles. The van der Waals surface area contributed by atoms with Gasteiger partial charge in [-0.25, -0.2) is 0 Å². The van der Waals surface area contributed by atoms with E-state index in [-0.39, 0.29) is 0 Å². The van der Waals surface area contributed by atoms with Crippen molar-refractivity contribution < 1.29 is 0 Å². The van der Waals surface area contributed by atoms with Gasteiger partial charge in [-0.15, -0.1) is 0 Å². The predicted octanol–water partition coefficient (Wildman–Crippen LogP) is 6.58. The molecule has 0 heterocycles. The highest BCUT2D eigenvalue weighted by Crippen LogP contribution is 2.23. The highest BCUT2D eigenvalue weighted by atomic mass is 14.1. The third kappa shape index (κ3) is 4.44. The van der Waals surface area contributed by atoms with Crippen molar-refractivity contribution >= 4 is 0 Å². The Labute approximate surface area is 157 Å². The first kappa shape index (κ1) is 18.0. The smallest absolute Gasteiger partial charge is 0.0278 e. The van der Waals surface area contributed by atoms with Crippen LogP contribution in [0.25, 0.3) is 11.1 Å². The molecule has 0 saturated carbocycles. The molecule has 0 atom stereocenters. The quantitative estimate of drug-likeness (QED) is 0.472. The summed E-state index contributed by atoms with van der Waals surface area (Å²) in [7, 11) is 0. The van der Waals surface area contributed by atoms with Gasteiger partial charge in [-0.2, -0.15) is 0 Å². The van der Waals surface area contributed by atoms with Gasteiger partial charge < -0.3 is 0 Å². The minimum absolute atomic E-state index is 1.07. The molecule has 0 aliphatic rings. The summed E-state index contributed by atoms with van der Waals surface area (Å²) in [5.74, 6) is 6.62. The highest BCUT2D eigenvalue weighted by molar-refractivity contribution is 5.66. The molecule has 0 unspecified atom stereocenters. The van der Waals surface area contributed by atoms with Gasteiger partial charge in [0, 0.05) is 11.1 Å². The monoisotopic (exact) mass is 338 g/mol. The van der Waals surface area contributed by atoms with Crippen LogP contribution in [-0.4, -0.2) is 0 Å². The molecule has 0 fully saturated rings. The average Bonchev–Trinajstić information content (AvgIpc) is 2.68. The first-order valence-corrected chi connectivity index (χ1v) is 9.50. The number of hydrogen-bond donors (Lipinski definition) is 0. The summed E-state index contributed by atoms with van der Waals surface area (Å²) in [6.45, 7) is 6.53. The summed E-state index contributed by atoms with van der Waals surface area (Å²) in [6.07, 6.45) is 3.39. The predicted molar refractivity (Wildman–Crippen MR) is 112 cm³/mol. The lowest BCUT2D eigenvalue weighted by Crippen LogP contribution is -1.87. The Hall–Kier alpha value is -2.78. The molecule has 0 amide bonds. The van der Waals surface area contributed by atoms with E-state index in [1.807, 2.05) is 0 Å². The van der Waals surface area contributed by atoms with E-state index < -0.39 is 0 Å². The van der Waals surface area contributed by atoms with E-state index in [0.717, 1.165) is 24.0 Å². The van der Waals surface area contributed by atoms with Gasteiger partial charge in [0.1, 0.15) is 0 Å². The third-order valence-electron chi connectivity index (χ3n) is 4.76. The van der Waals surface area contributed by atoms with Crippen molar-refractivity contribution in [3.05, 3.63) is 94.5 Å². The second-order valence-corrected chi connectivity index (χ2v) is 6.78. The van der Waals surface area contributed by atoms with Gasteiger partial charge in [0.25, 0.3) is 0 Å². The lowest BCUT2D eigenvalue weighted by molar-refractivity contribution is 0.922. The Morgan fingerprint density at radius 1 is 0.692 bits per heavy atom. The van der Waals surface area contributed by atoms with E-state index in [2.05, 4.69) is 99.3 Å². The van der Waals surface area contributed by atoms with Crippen LogP contribution in [0.4, 0.5) is 0 Å². The molecule has 0 radical (unpaired) electrons. The van der Waals surface area contributed by atoms with Gasteiger partial charge in [0.05, 0.1) is 0 Å². The second kappa shape index (κ2) is 8.54. The third-order valence-corrected chi connectivity index (χ3v) is 4.76. The molecule has 0 aliphatic carbocycles. The molecule has 0 bridgehead atoms. The van der Waals surface area contributed by atoms with Crippen LogP contribution >= 0.6 is 0 Å². The molecule has 0 saturated heterocycles. The van der Waals surface area contributed by atoms with Crippen LogP contribution in [0, 0.1) is 18.8 Å². The van der Waals surface area contributed by atoms with Crippen molar-refractivity contribution in [1.82, 2.24) is 0 Å². The van der Waals surface area contributed by atoms with Crippen LogP contribution in [0.1, 0.15) is 48.1 Å². The summed E-state index contributed by atoms with van der Waals surface area (Å²) in [5, 5.41) is 0. The standard InChI is InChI=1S/C26H26/c1-4-6-22-7-9-23(10-8-22)13-14-24-17-18-26(19-20(24)3)25-15-11-21(5-2)12-16-25/h7-12,15-19H,4-6H2,1-3H3. The molecule has 0 heteroatoms. The largest absolute Gasteiger partial charge is 0.0651 e. The number of aryl methyl sites for hydroxylation is 3. The topological polar surface area (TPSA) is 0 Å². The Bertz CT molecular complexity index is 917. The fourth-order valence-corrected chi connectivity index (χ4v) is 3.10. The van der Waals surface area contributed by atoms with Crippen LogP contribution in [0.3, 0.4) is 0 Å². The molecule has 26 heavy (non-hydrogen) atoms. The van der Waals surface area contributed by atoms with Gasteiger partial charge in [-0.05, 0) is 65.8 Å². The van der Waals surface area contributed by atoms with Crippen LogP contribution in [0.2, 0.25) is 0 Å². The van der Waals surface area contributed by atoms with Crippen LogP contribution < -0.4 is 0 Å². The molecule has 130 valence electrons. The molecule has 0 N–H and O–H groups in total.